The molecule has 0 aliphatic heterocycles. The Morgan fingerprint density at radius 2 is 1.68 bits per heavy atom. The Balaban J connectivity index is 0. The first-order valence-electron chi connectivity index (χ1n) is 7.06. The first-order valence-corrected chi connectivity index (χ1v) is 13.6. The van der Waals surface area contributed by atoms with Crippen molar-refractivity contribution in [2.75, 3.05) is 19.5 Å². The smallest absolute Gasteiger partial charge is 1.00 e. The molecule has 0 fully saturated rings. The molecule has 0 aromatic heterocycles. The molecule has 0 saturated carbocycles. The Hall–Kier alpha value is 1.13. The summed E-state index contributed by atoms with van der Waals surface area (Å²) in [5.41, 5.74) is 3.60. The molecule has 0 nitrogen and oxygen atoms in total. The molecule has 2 rings (SSSR count). The fraction of sp³-hybridized carbons (Fsp3) is 0.529. The molecule has 123 valence electrons. The van der Waals surface area contributed by atoms with E-state index in [2.05, 4.69) is 70.5 Å². The number of benzene rings is 1. The molecule has 5 heteroatoms. The summed E-state index contributed by atoms with van der Waals surface area (Å²) in [6.07, 6.45) is 6.34. The maximum absolute atomic E-state index is 2.50. The largest absolute Gasteiger partial charge is 1.00 e. The second-order valence-corrected chi connectivity index (χ2v) is 15.3. The third-order valence-electron chi connectivity index (χ3n) is 3.77. The van der Waals surface area contributed by atoms with Crippen LogP contribution in [0.2, 0.25) is 3.67 Å². The van der Waals surface area contributed by atoms with Crippen LogP contribution >= 0.6 is 7.92 Å². The second-order valence-electron chi connectivity index (χ2n) is 6.81. The predicted molar refractivity (Wildman–Crippen MR) is 85.1 cm³/mol. The zero-order chi connectivity index (χ0) is 14.0. The zero-order valence-electron chi connectivity index (χ0n) is 13.9. The Labute approximate surface area is 167 Å². The number of hydrogen-bond donors (Lipinski definition) is 0. The zero-order valence-corrected chi connectivity index (χ0v) is 20.7. The maximum Gasteiger partial charge on any atom is -1.00 e. The Kier molecular flexibility index (Phi) is 12.6. The summed E-state index contributed by atoms with van der Waals surface area (Å²) in [5.74, 6) is 0. The van der Waals surface area contributed by atoms with Gasteiger partial charge in [-0.2, -0.15) is 0 Å². The summed E-state index contributed by atoms with van der Waals surface area (Å²) in [6, 6.07) is 9.00. The minimum Gasteiger partial charge on any atom is -1.00 e. The molecule has 0 saturated heterocycles. The molecule has 2 unspecified atom stereocenters. The van der Waals surface area contributed by atoms with Gasteiger partial charge in [-0.3, -0.25) is 0 Å². The van der Waals surface area contributed by atoms with Crippen LogP contribution in [0.3, 0.4) is 0 Å². The van der Waals surface area contributed by atoms with E-state index in [4.69, 9.17) is 0 Å². The molecule has 0 N–H and O–H groups in total. The standard InChI is InChI=1S/C9H7.C8H18P.3ClH.Hf/c1-2-5-9-7-3-6-8(9)4-1;1-8(2,3)6-7-9(4)5;;;;/h1-7H;6H,7H2,1-5H3;3*1H;/q;;;;;+3/p-3. The van der Waals surface area contributed by atoms with E-state index < -0.39 is 22.9 Å². The molecule has 2 atom stereocenters. The molecule has 0 amide bonds. The van der Waals surface area contributed by atoms with Crippen molar-refractivity contribution in [2.24, 2.45) is 5.41 Å². The van der Waals surface area contributed by atoms with Gasteiger partial charge in [-0.05, 0) is 0 Å². The number of hydrogen-bond acceptors (Lipinski definition) is 0. The van der Waals surface area contributed by atoms with Crippen molar-refractivity contribution in [3.63, 3.8) is 0 Å². The third kappa shape index (κ3) is 6.94. The number of halogens is 3. The van der Waals surface area contributed by atoms with Crippen molar-refractivity contribution in [3.05, 3.63) is 41.5 Å². The van der Waals surface area contributed by atoms with Gasteiger partial charge in [-0.15, -0.1) is 0 Å². The van der Waals surface area contributed by atoms with Gasteiger partial charge in [-0.25, -0.2) is 0 Å². The van der Waals surface area contributed by atoms with Crippen LogP contribution < -0.4 is 37.2 Å². The first-order chi connectivity index (χ1) is 8.88. The molecule has 1 aromatic rings. The summed E-state index contributed by atoms with van der Waals surface area (Å²) >= 11 is -0.696. The van der Waals surface area contributed by atoms with Gasteiger partial charge in [0.05, 0.1) is 0 Å². The molecule has 1 aliphatic rings. The molecule has 0 radical (unpaired) electrons. The van der Waals surface area contributed by atoms with Gasteiger partial charge < -0.3 is 37.2 Å². The van der Waals surface area contributed by atoms with E-state index in [1.54, 1.807) is 5.56 Å². The molecule has 0 bridgehead atoms. The normalized spacial score (nSPS) is 16.7. The van der Waals surface area contributed by atoms with E-state index in [0.717, 1.165) is 7.35 Å². The minimum atomic E-state index is -0.696. The molecule has 0 heterocycles. The average molecular weight is 545 g/mol. The Morgan fingerprint density at radius 3 is 2.23 bits per heavy atom. The monoisotopic (exact) mass is 545 g/mol. The van der Waals surface area contributed by atoms with Crippen LogP contribution in [0.4, 0.5) is 0 Å². The van der Waals surface area contributed by atoms with E-state index in [-0.39, 0.29) is 45.1 Å². The van der Waals surface area contributed by atoms with Crippen LogP contribution in [0.25, 0.3) is 6.08 Å². The van der Waals surface area contributed by atoms with Crippen molar-refractivity contribution < 1.29 is 60.1 Å². The molecule has 1 aliphatic carbocycles. The van der Waals surface area contributed by atoms with Gasteiger partial charge in [0.15, 0.2) is 0 Å². The van der Waals surface area contributed by atoms with E-state index >= 15 is 0 Å². The fourth-order valence-corrected chi connectivity index (χ4v) is 14.7. The summed E-state index contributed by atoms with van der Waals surface area (Å²) in [5, 5.41) is 0. The Morgan fingerprint density at radius 1 is 1.09 bits per heavy atom. The summed E-state index contributed by atoms with van der Waals surface area (Å²) < 4.78 is 1.84. The average Bonchev–Trinajstić information content (AvgIpc) is 2.70. The summed E-state index contributed by atoms with van der Waals surface area (Å²) in [6.45, 7) is 12.2. The van der Waals surface area contributed by atoms with Crippen LogP contribution in [0, 0.1) is 5.41 Å². The molecular formula is C17H25Cl3HfP. The van der Waals surface area contributed by atoms with Crippen LogP contribution in [0.1, 0.15) is 35.6 Å². The number of allylic oxidation sites excluding steroid dienone is 1. The SMILES string of the molecule is CP(C)C[CH]([Hf+3][CH]1C=Cc2ccccc21)C(C)(C)C.[Cl-].[Cl-].[Cl-]. The van der Waals surface area contributed by atoms with Crippen LogP contribution in [0.5, 0.6) is 0 Å². The van der Waals surface area contributed by atoms with E-state index in [0.29, 0.717) is 5.41 Å². The van der Waals surface area contributed by atoms with E-state index in [1.165, 1.54) is 11.7 Å². The van der Waals surface area contributed by atoms with E-state index in [9.17, 15) is 0 Å². The number of fused-ring (bicyclic) bond motifs is 1. The van der Waals surface area contributed by atoms with Crippen LogP contribution in [-0.4, -0.2) is 19.5 Å². The van der Waals surface area contributed by atoms with Gasteiger partial charge in [0.2, 0.25) is 0 Å². The van der Waals surface area contributed by atoms with Gasteiger partial charge >= 0.3 is 131 Å². The van der Waals surface area contributed by atoms with E-state index in [1.807, 2.05) is 0 Å². The molecule has 22 heavy (non-hydrogen) atoms. The second kappa shape index (κ2) is 10.9. The summed E-state index contributed by atoms with van der Waals surface area (Å²) in [4.78, 5) is 0. The molecule has 1 aromatic carbocycles. The van der Waals surface area contributed by atoms with Crippen LogP contribution in [-0.2, 0) is 22.9 Å². The summed E-state index contributed by atoms with van der Waals surface area (Å²) in [7, 11) is 0.233. The van der Waals surface area contributed by atoms with Gasteiger partial charge in [-0.1, -0.05) is 0 Å². The van der Waals surface area contributed by atoms with Gasteiger partial charge in [0.25, 0.3) is 0 Å². The van der Waals surface area contributed by atoms with Crippen molar-refractivity contribution in [1.82, 2.24) is 0 Å². The van der Waals surface area contributed by atoms with Gasteiger partial charge in [0, 0.05) is 0 Å². The molecular weight excluding hydrogens is 520 g/mol. The van der Waals surface area contributed by atoms with Crippen molar-refractivity contribution >= 4 is 14.0 Å². The maximum atomic E-state index is 2.50. The third-order valence-corrected chi connectivity index (χ3v) is 14.5. The topological polar surface area (TPSA) is 0 Å². The number of rotatable bonds is 4. The Bertz CT molecular complexity index is 469. The molecule has 0 spiro atoms. The van der Waals surface area contributed by atoms with Gasteiger partial charge in [0.1, 0.15) is 0 Å². The van der Waals surface area contributed by atoms with Crippen LogP contribution in [0.15, 0.2) is 30.3 Å². The predicted octanol–water partition coefficient (Wildman–Crippen LogP) is -3.57. The van der Waals surface area contributed by atoms with Crippen molar-refractivity contribution in [2.45, 2.75) is 28.1 Å². The first kappa shape index (κ1) is 25.4. The van der Waals surface area contributed by atoms with Crippen molar-refractivity contribution in [3.8, 4) is 0 Å². The quantitative estimate of drug-likeness (QED) is 0.272. The van der Waals surface area contributed by atoms with Crippen molar-refractivity contribution in [1.29, 1.82) is 0 Å². The fourth-order valence-electron chi connectivity index (χ4n) is 2.55. The minimum absolute atomic E-state index is 0.